The third-order valence-electron chi connectivity index (χ3n) is 2.94. The maximum atomic E-state index is 12.1. The second-order valence-electron chi connectivity index (χ2n) is 5.09. The molecule has 1 amide bonds. The van der Waals surface area contributed by atoms with Gasteiger partial charge in [0.2, 0.25) is 0 Å². The van der Waals surface area contributed by atoms with E-state index in [0.29, 0.717) is 18.2 Å². The summed E-state index contributed by atoms with van der Waals surface area (Å²) in [7, 11) is 2.82. The number of carbonyl (C=O) groups is 1. The van der Waals surface area contributed by atoms with Crippen LogP contribution in [0.1, 0.15) is 37.0 Å². The molecule has 0 unspecified atom stereocenters. The molecule has 0 saturated carbocycles. The van der Waals surface area contributed by atoms with E-state index in [-0.39, 0.29) is 16.4 Å². The number of carbonyl (C=O) groups excluding carboxylic acids is 1. The molecule has 0 bridgehead atoms. The number of nitrogens with one attached hydrogen (secondary N) is 1. The molecule has 0 aromatic heterocycles. The number of benzene rings is 1. The molecular formula is C14H20ClNO4S. The highest BCUT2D eigenvalue weighted by Gasteiger charge is 2.17. The molecule has 1 rings (SSSR count). The van der Waals surface area contributed by atoms with E-state index in [9.17, 15) is 13.2 Å². The van der Waals surface area contributed by atoms with E-state index >= 15 is 0 Å². The summed E-state index contributed by atoms with van der Waals surface area (Å²) in [6.45, 7) is 4.75. The Morgan fingerprint density at radius 3 is 2.57 bits per heavy atom. The predicted molar refractivity (Wildman–Crippen MR) is 82.4 cm³/mol. The Bertz CT molecular complexity index is 599. The van der Waals surface area contributed by atoms with E-state index in [2.05, 4.69) is 19.2 Å². The summed E-state index contributed by atoms with van der Waals surface area (Å²) in [5, 5.41) is 2.75. The first kappa shape index (κ1) is 17.8. The van der Waals surface area contributed by atoms with Gasteiger partial charge in [-0.25, -0.2) is 8.42 Å². The van der Waals surface area contributed by atoms with Gasteiger partial charge in [0.15, 0.2) is 0 Å². The molecule has 0 aliphatic rings. The van der Waals surface area contributed by atoms with E-state index in [1.807, 2.05) is 0 Å². The zero-order valence-corrected chi connectivity index (χ0v) is 13.9. The van der Waals surface area contributed by atoms with E-state index in [1.165, 1.54) is 25.3 Å². The molecule has 0 saturated heterocycles. The summed E-state index contributed by atoms with van der Waals surface area (Å²) in [4.78, 5) is 12.0. The number of ether oxygens (including phenoxy) is 1. The molecule has 21 heavy (non-hydrogen) atoms. The Morgan fingerprint density at radius 2 is 2.05 bits per heavy atom. The molecule has 1 N–H and O–H groups in total. The van der Waals surface area contributed by atoms with Gasteiger partial charge in [0.05, 0.1) is 17.6 Å². The lowest BCUT2D eigenvalue weighted by molar-refractivity contribution is 0.0949. The van der Waals surface area contributed by atoms with Crippen molar-refractivity contribution in [2.45, 2.75) is 31.6 Å². The number of halogens is 1. The molecule has 118 valence electrons. The molecule has 0 radical (unpaired) electrons. The standard InChI is InChI=1S/C14H20ClNO4S/c1-10(2)5-4-8-16-14(17)12-9-11(21(15,18)19)6-7-13(12)20-3/h6-7,9-10H,4-5,8H2,1-3H3,(H,16,17). The van der Waals surface area contributed by atoms with Crippen LogP contribution in [0.15, 0.2) is 23.1 Å². The lowest BCUT2D eigenvalue weighted by Gasteiger charge is -2.11. The summed E-state index contributed by atoms with van der Waals surface area (Å²) >= 11 is 0. The minimum absolute atomic E-state index is 0.128. The number of hydrogen-bond donors (Lipinski definition) is 1. The molecule has 1 aromatic rings. The van der Waals surface area contributed by atoms with Crippen LogP contribution < -0.4 is 10.1 Å². The fourth-order valence-electron chi connectivity index (χ4n) is 1.82. The molecule has 0 aliphatic carbocycles. The minimum atomic E-state index is -3.88. The van der Waals surface area contributed by atoms with Gasteiger partial charge in [-0.15, -0.1) is 0 Å². The molecule has 1 aromatic carbocycles. The van der Waals surface area contributed by atoms with Crippen molar-refractivity contribution < 1.29 is 17.9 Å². The lowest BCUT2D eigenvalue weighted by atomic mass is 10.1. The van der Waals surface area contributed by atoms with Gasteiger partial charge in [-0.3, -0.25) is 4.79 Å². The van der Waals surface area contributed by atoms with E-state index in [1.54, 1.807) is 0 Å². The summed E-state index contributed by atoms with van der Waals surface area (Å²) in [5.74, 6) is 0.499. The van der Waals surface area contributed by atoms with Crippen LogP contribution in [0.2, 0.25) is 0 Å². The second-order valence-corrected chi connectivity index (χ2v) is 7.66. The van der Waals surface area contributed by atoms with Gasteiger partial charge in [-0.1, -0.05) is 13.8 Å². The van der Waals surface area contributed by atoms with Gasteiger partial charge in [0, 0.05) is 17.2 Å². The monoisotopic (exact) mass is 333 g/mol. The van der Waals surface area contributed by atoms with Crippen LogP contribution >= 0.6 is 10.7 Å². The highest BCUT2D eigenvalue weighted by Crippen LogP contribution is 2.24. The quantitative estimate of drug-likeness (QED) is 0.615. The Kier molecular flexibility index (Phi) is 6.48. The summed E-state index contributed by atoms with van der Waals surface area (Å²) in [6.07, 6.45) is 1.87. The summed E-state index contributed by atoms with van der Waals surface area (Å²) in [6, 6.07) is 3.94. The highest BCUT2D eigenvalue weighted by molar-refractivity contribution is 8.13. The highest BCUT2D eigenvalue weighted by atomic mass is 35.7. The van der Waals surface area contributed by atoms with Crippen LogP contribution in [0.25, 0.3) is 0 Å². The molecule has 0 fully saturated rings. The lowest BCUT2D eigenvalue weighted by Crippen LogP contribution is -2.25. The fourth-order valence-corrected chi connectivity index (χ4v) is 2.60. The van der Waals surface area contributed by atoms with Crippen molar-refractivity contribution in [1.82, 2.24) is 5.32 Å². The first-order chi connectivity index (χ1) is 9.75. The van der Waals surface area contributed by atoms with Gasteiger partial charge in [0.1, 0.15) is 5.75 Å². The summed E-state index contributed by atoms with van der Waals surface area (Å²) in [5.41, 5.74) is 0.156. The maximum absolute atomic E-state index is 12.1. The number of amides is 1. The Morgan fingerprint density at radius 1 is 1.38 bits per heavy atom. The van der Waals surface area contributed by atoms with Crippen LogP contribution in [0.3, 0.4) is 0 Å². The molecular weight excluding hydrogens is 314 g/mol. The molecule has 0 heterocycles. The molecule has 0 spiro atoms. The number of methoxy groups -OCH3 is 1. The number of rotatable bonds is 7. The van der Waals surface area contributed by atoms with Gasteiger partial charge in [0.25, 0.3) is 15.0 Å². The molecule has 0 aliphatic heterocycles. The Balaban J connectivity index is 2.86. The van der Waals surface area contributed by atoms with Crippen molar-refractivity contribution in [3.8, 4) is 5.75 Å². The first-order valence-electron chi connectivity index (χ1n) is 6.66. The smallest absolute Gasteiger partial charge is 0.261 e. The van der Waals surface area contributed by atoms with E-state index < -0.39 is 9.05 Å². The van der Waals surface area contributed by atoms with Crippen molar-refractivity contribution in [2.24, 2.45) is 5.92 Å². The van der Waals surface area contributed by atoms with E-state index in [0.717, 1.165) is 12.8 Å². The topological polar surface area (TPSA) is 72.5 Å². The average molecular weight is 334 g/mol. The van der Waals surface area contributed by atoms with Crippen LogP contribution in [-0.2, 0) is 9.05 Å². The summed E-state index contributed by atoms with van der Waals surface area (Å²) < 4.78 is 27.8. The van der Waals surface area contributed by atoms with Crippen molar-refractivity contribution in [3.05, 3.63) is 23.8 Å². The van der Waals surface area contributed by atoms with Gasteiger partial charge in [-0.2, -0.15) is 0 Å². The first-order valence-corrected chi connectivity index (χ1v) is 8.97. The van der Waals surface area contributed by atoms with Crippen LogP contribution in [0.5, 0.6) is 5.75 Å². The molecule has 0 atom stereocenters. The fraction of sp³-hybridized carbons (Fsp3) is 0.500. The van der Waals surface area contributed by atoms with Gasteiger partial charge in [-0.05, 0) is 37.0 Å². The van der Waals surface area contributed by atoms with E-state index in [4.69, 9.17) is 15.4 Å². The Hall–Kier alpha value is -1.27. The van der Waals surface area contributed by atoms with Crippen molar-refractivity contribution >= 4 is 25.6 Å². The van der Waals surface area contributed by atoms with Gasteiger partial charge < -0.3 is 10.1 Å². The zero-order valence-electron chi connectivity index (χ0n) is 12.3. The van der Waals surface area contributed by atoms with Crippen LogP contribution in [0, 0.1) is 5.92 Å². The average Bonchev–Trinajstić information content (AvgIpc) is 2.41. The van der Waals surface area contributed by atoms with Crippen molar-refractivity contribution in [3.63, 3.8) is 0 Å². The van der Waals surface area contributed by atoms with Crippen LogP contribution in [-0.4, -0.2) is 28.0 Å². The Labute approximate surface area is 130 Å². The number of hydrogen-bond acceptors (Lipinski definition) is 4. The van der Waals surface area contributed by atoms with Crippen molar-refractivity contribution in [1.29, 1.82) is 0 Å². The second kappa shape index (κ2) is 7.66. The maximum Gasteiger partial charge on any atom is 0.261 e. The SMILES string of the molecule is COc1ccc(S(=O)(=O)Cl)cc1C(=O)NCCCC(C)C. The van der Waals surface area contributed by atoms with Crippen LogP contribution in [0.4, 0.5) is 0 Å². The predicted octanol–water partition coefficient (Wildman–Crippen LogP) is 2.79. The largest absolute Gasteiger partial charge is 0.496 e. The third-order valence-corrected chi connectivity index (χ3v) is 4.29. The minimum Gasteiger partial charge on any atom is -0.496 e. The van der Waals surface area contributed by atoms with Gasteiger partial charge >= 0.3 is 0 Å². The molecule has 7 heteroatoms. The molecule has 5 nitrogen and oxygen atoms in total. The zero-order chi connectivity index (χ0) is 16.0. The third kappa shape index (κ3) is 5.55. The van der Waals surface area contributed by atoms with Crippen molar-refractivity contribution in [2.75, 3.05) is 13.7 Å². The normalized spacial score (nSPS) is 11.5.